The average molecular weight is 232 g/mol. The van der Waals surface area contributed by atoms with Gasteiger partial charge >= 0.3 is 0 Å². The van der Waals surface area contributed by atoms with Crippen LogP contribution in [0.4, 0.5) is 0 Å². The van der Waals surface area contributed by atoms with Crippen molar-refractivity contribution in [1.29, 1.82) is 0 Å². The first-order valence-electron chi connectivity index (χ1n) is 5.59. The van der Waals surface area contributed by atoms with Crippen molar-refractivity contribution >= 4 is 5.78 Å². The number of aliphatic hydroxyl groups excluding tert-OH is 3. The summed E-state index contributed by atoms with van der Waals surface area (Å²) in [5, 5.41) is 28.0. The predicted molar refractivity (Wildman–Crippen MR) is 56.8 cm³/mol. The van der Waals surface area contributed by atoms with Crippen LogP contribution in [0.25, 0.3) is 0 Å². The van der Waals surface area contributed by atoms with Gasteiger partial charge in [0, 0.05) is 12.8 Å². The fourth-order valence-electron chi connectivity index (χ4n) is 1.91. The van der Waals surface area contributed by atoms with Gasteiger partial charge < -0.3 is 20.1 Å². The Kier molecular flexibility index (Phi) is 4.86. The number of hydrogen-bond donors (Lipinski definition) is 3. The minimum atomic E-state index is -1.11. The number of ether oxygens (including phenoxy) is 1. The molecule has 4 atom stereocenters. The molecule has 0 spiro atoms. The lowest BCUT2D eigenvalue weighted by Gasteiger charge is -2.14. The summed E-state index contributed by atoms with van der Waals surface area (Å²) in [6.07, 6.45) is -3.15. The Labute approximate surface area is 95.0 Å². The van der Waals surface area contributed by atoms with Gasteiger partial charge in [-0.15, -0.1) is 0 Å². The minimum absolute atomic E-state index is 0.00448. The van der Waals surface area contributed by atoms with Gasteiger partial charge in [-0.1, -0.05) is 13.8 Å². The molecule has 0 aliphatic carbocycles. The molecular formula is C11H20O5. The first kappa shape index (κ1) is 13.6. The topological polar surface area (TPSA) is 87.0 Å². The molecule has 16 heavy (non-hydrogen) atoms. The fourth-order valence-corrected chi connectivity index (χ4v) is 1.91. The molecule has 1 heterocycles. The molecule has 1 saturated heterocycles. The van der Waals surface area contributed by atoms with E-state index < -0.39 is 24.4 Å². The lowest BCUT2D eigenvalue weighted by molar-refractivity contribution is -0.124. The Bertz CT molecular complexity index is 241. The normalized spacial score (nSPS) is 34.6. The summed E-state index contributed by atoms with van der Waals surface area (Å²) in [5.41, 5.74) is 0. The quantitative estimate of drug-likeness (QED) is 0.593. The second-order valence-electron chi connectivity index (χ2n) is 4.72. The zero-order valence-corrected chi connectivity index (χ0v) is 9.67. The highest BCUT2D eigenvalue weighted by atomic mass is 16.6. The molecule has 94 valence electrons. The first-order valence-corrected chi connectivity index (χ1v) is 5.59. The molecule has 1 rings (SSSR count). The lowest BCUT2D eigenvalue weighted by Crippen LogP contribution is -2.34. The van der Waals surface area contributed by atoms with Gasteiger partial charge in [-0.2, -0.15) is 0 Å². The second-order valence-corrected chi connectivity index (χ2v) is 4.72. The van der Waals surface area contributed by atoms with Crippen LogP contribution in [0, 0.1) is 5.92 Å². The van der Waals surface area contributed by atoms with Crippen LogP contribution in [0.1, 0.15) is 26.7 Å². The Hall–Kier alpha value is -0.490. The number of carbonyl (C=O) groups is 1. The van der Waals surface area contributed by atoms with E-state index in [1.54, 1.807) is 0 Å². The summed E-state index contributed by atoms with van der Waals surface area (Å²) in [4.78, 5) is 11.5. The van der Waals surface area contributed by atoms with Crippen molar-refractivity contribution < 1.29 is 24.9 Å². The van der Waals surface area contributed by atoms with Crippen LogP contribution in [0.5, 0.6) is 0 Å². The van der Waals surface area contributed by atoms with Crippen LogP contribution in [0.2, 0.25) is 0 Å². The Morgan fingerprint density at radius 2 is 1.81 bits per heavy atom. The molecule has 0 amide bonds. The Balaban J connectivity index is 2.47. The Morgan fingerprint density at radius 3 is 2.25 bits per heavy atom. The third-order valence-electron chi connectivity index (χ3n) is 2.71. The highest BCUT2D eigenvalue weighted by Gasteiger charge is 2.42. The molecule has 5 heteroatoms. The molecule has 0 aromatic rings. The molecule has 0 unspecified atom stereocenters. The van der Waals surface area contributed by atoms with Gasteiger partial charge in [0.05, 0.1) is 12.7 Å². The average Bonchev–Trinajstić information content (AvgIpc) is 2.44. The van der Waals surface area contributed by atoms with E-state index >= 15 is 0 Å². The van der Waals surface area contributed by atoms with Crippen molar-refractivity contribution in [3.8, 4) is 0 Å². The van der Waals surface area contributed by atoms with Crippen molar-refractivity contribution in [3.63, 3.8) is 0 Å². The van der Waals surface area contributed by atoms with Crippen LogP contribution in [-0.2, 0) is 9.53 Å². The maximum absolute atomic E-state index is 11.5. The maximum atomic E-state index is 11.5. The molecule has 0 saturated carbocycles. The molecular weight excluding hydrogens is 212 g/mol. The van der Waals surface area contributed by atoms with Crippen LogP contribution < -0.4 is 0 Å². The largest absolute Gasteiger partial charge is 0.394 e. The molecule has 0 bridgehead atoms. The summed E-state index contributed by atoms with van der Waals surface area (Å²) >= 11 is 0. The van der Waals surface area contributed by atoms with Gasteiger partial charge in [-0.05, 0) is 5.92 Å². The third-order valence-corrected chi connectivity index (χ3v) is 2.71. The van der Waals surface area contributed by atoms with Gasteiger partial charge in [0.2, 0.25) is 0 Å². The van der Waals surface area contributed by atoms with Crippen LogP contribution in [0.15, 0.2) is 0 Å². The third kappa shape index (κ3) is 3.25. The van der Waals surface area contributed by atoms with Crippen molar-refractivity contribution in [1.82, 2.24) is 0 Å². The van der Waals surface area contributed by atoms with Crippen LogP contribution >= 0.6 is 0 Å². The Morgan fingerprint density at radius 1 is 1.25 bits per heavy atom. The monoisotopic (exact) mass is 232 g/mol. The fraction of sp³-hybridized carbons (Fsp3) is 0.909. The molecule has 5 nitrogen and oxygen atoms in total. The lowest BCUT2D eigenvalue weighted by atomic mass is 9.99. The van der Waals surface area contributed by atoms with E-state index in [1.807, 2.05) is 13.8 Å². The smallest absolute Gasteiger partial charge is 0.135 e. The second kappa shape index (κ2) is 5.72. The van der Waals surface area contributed by atoms with Gasteiger partial charge in [-0.25, -0.2) is 0 Å². The minimum Gasteiger partial charge on any atom is -0.394 e. The van der Waals surface area contributed by atoms with E-state index in [0.29, 0.717) is 6.42 Å². The first-order chi connectivity index (χ1) is 7.45. The van der Waals surface area contributed by atoms with Crippen molar-refractivity contribution in [2.45, 2.75) is 51.1 Å². The molecule has 1 aliphatic rings. The van der Waals surface area contributed by atoms with E-state index in [4.69, 9.17) is 9.84 Å². The van der Waals surface area contributed by atoms with Gasteiger partial charge in [-0.3, -0.25) is 4.79 Å². The van der Waals surface area contributed by atoms with E-state index in [9.17, 15) is 15.0 Å². The number of rotatable bonds is 5. The number of ketones is 1. The molecule has 0 aromatic carbocycles. The summed E-state index contributed by atoms with van der Waals surface area (Å²) < 4.78 is 5.22. The highest BCUT2D eigenvalue weighted by molar-refractivity contribution is 5.79. The van der Waals surface area contributed by atoms with Gasteiger partial charge in [0.1, 0.15) is 24.1 Å². The SMILES string of the molecule is CC(C)CC(=O)C[C@H]1O[C@H](CO)[C@H](O)[C@@H]1O. The van der Waals surface area contributed by atoms with Crippen LogP contribution in [0.3, 0.4) is 0 Å². The summed E-state index contributed by atoms with van der Waals surface area (Å²) in [7, 11) is 0. The summed E-state index contributed by atoms with van der Waals surface area (Å²) in [6.45, 7) is 3.53. The molecule has 0 radical (unpaired) electrons. The number of hydrogen-bond acceptors (Lipinski definition) is 5. The number of aliphatic hydroxyl groups is 3. The van der Waals surface area contributed by atoms with E-state index in [0.717, 1.165) is 0 Å². The van der Waals surface area contributed by atoms with Crippen LogP contribution in [-0.4, -0.2) is 52.1 Å². The van der Waals surface area contributed by atoms with Crippen molar-refractivity contribution in [2.75, 3.05) is 6.61 Å². The predicted octanol–water partition coefficient (Wildman–Crippen LogP) is -0.527. The molecule has 1 aliphatic heterocycles. The number of carbonyl (C=O) groups excluding carboxylic acids is 1. The summed E-state index contributed by atoms with van der Waals surface area (Å²) in [6, 6.07) is 0. The highest BCUT2D eigenvalue weighted by Crippen LogP contribution is 2.24. The van der Waals surface area contributed by atoms with E-state index in [-0.39, 0.29) is 24.7 Å². The van der Waals surface area contributed by atoms with Crippen molar-refractivity contribution in [2.24, 2.45) is 5.92 Å². The zero-order valence-electron chi connectivity index (χ0n) is 9.67. The van der Waals surface area contributed by atoms with Gasteiger partial charge in [0.25, 0.3) is 0 Å². The number of Topliss-reactive ketones (excluding diaryl/α,β-unsaturated/α-hetero) is 1. The zero-order chi connectivity index (χ0) is 12.3. The maximum Gasteiger partial charge on any atom is 0.135 e. The van der Waals surface area contributed by atoms with Crippen molar-refractivity contribution in [3.05, 3.63) is 0 Å². The van der Waals surface area contributed by atoms with E-state index in [2.05, 4.69) is 0 Å². The molecule has 1 fully saturated rings. The van der Waals surface area contributed by atoms with Gasteiger partial charge in [0.15, 0.2) is 0 Å². The molecule has 3 N–H and O–H groups in total. The standard InChI is InChI=1S/C11H20O5/c1-6(2)3-7(13)4-8-10(14)11(15)9(5-12)16-8/h6,8-12,14-15H,3-5H2,1-2H3/t8-,9-,10-,11+/m1/s1. The summed E-state index contributed by atoms with van der Waals surface area (Å²) in [5.74, 6) is 0.273. The molecule has 0 aromatic heterocycles. The van der Waals surface area contributed by atoms with E-state index in [1.165, 1.54) is 0 Å².